The van der Waals surface area contributed by atoms with Crippen LogP contribution in [0.15, 0.2) is 54.6 Å². The highest BCUT2D eigenvalue weighted by Gasteiger charge is 2.25. The zero-order chi connectivity index (χ0) is 12.5. The molecule has 0 bridgehead atoms. The first-order valence-electron chi connectivity index (χ1n) is 6.27. The maximum absolute atomic E-state index is 10.5. The predicted molar refractivity (Wildman–Crippen MR) is 74.4 cm³/mol. The Labute approximate surface area is 107 Å². The van der Waals surface area contributed by atoms with E-state index in [-0.39, 0.29) is 5.92 Å². The van der Waals surface area contributed by atoms with Crippen LogP contribution < -0.4 is 0 Å². The summed E-state index contributed by atoms with van der Waals surface area (Å²) in [5.41, 5.74) is 4.54. The zero-order valence-corrected chi connectivity index (χ0v) is 10.4. The average molecular weight is 236 g/mol. The Balaban J connectivity index is 2.03. The molecule has 0 saturated carbocycles. The van der Waals surface area contributed by atoms with Crippen molar-refractivity contribution in [2.24, 2.45) is 0 Å². The number of benzene rings is 2. The van der Waals surface area contributed by atoms with E-state index < -0.39 is 6.10 Å². The van der Waals surface area contributed by atoms with Crippen molar-refractivity contribution in [1.29, 1.82) is 0 Å². The zero-order valence-electron chi connectivity index (χ0n) is 10.4. The molecular weight excluding hydrogens is 220 g/mol. The van der Waals surface area contributed by atoms with Crippen LogP contribution in [0.25, 0.3) is 6.08 Å². The van der Waals surface area contributed by atoms with Gasteiger partial charge in [0.2, 0.25) is 0 Å². The third kappa shape index (κ3) is 1.87. The Kier molecular flexibility index (Phi) is 2.77. The number of hydrogen-bond donors (Lipinski definition) is 1. The van der Waals surface area contributed by atoms with Gasteiger partial charge in [-0.3, -0.25) is 0 Å². The molecule has 0 amide bonds. The Morgan fingerprint density at radius 3 is 2.67 bits per heavy atom. The molecule has 0 radical (unpaired) electrons. The number of aliphatic hydroxyl groups is 1. The standard InChI is InChI=1S/C17H16O/c1-12-5-4-7-14(11-12)16-10-9-13-6-2-3-8-15(13)17(16)18/h2-11,16-18H,1H3/t16-,17+/m0/s1. The van der Waals surface area contributed by atoms with Crippen LogP contribution in [-0.4, -0.2) is 5.11 Å². The largest absolute Gasteiger partial charge is 0.387 e. The van der Waals surface area contributed by atoms with Gasteiger partial charge in [-0.05, 0) is 23.6 Å². The summed E-state index contributed by atoms with van der Waals surface area (Å²) < 4.78 is 0. The van der Waals surface area contributed by atoms with Crippen LogP contribution in [0.3, 0.4) is 0 Å². The topological polar surface area (TPSA) is 20.2 Å². The molecule has 2 aromatic carbocycles. The van der Waals surface area contributed by atoms with Crippen LogP contribution in [0.4, 0.5) is 0 Å². The molecule has 3 rings (SSSR count). The maximum Gasteiger partial charge on any atom is 0.0899 e. The number of hydrogen-bond acceptors (Lipinski definition) is 1. The van der Waals surface area contributed by atoms with Gasteiger partial charge in [0.25, 0.3) is 0 Å². The summed E-state index contributed by atoms with van der Waals surface area (Å²) in [7, 11) is 0. The quantitative estimate of drug-likeness (QED) is 0.797. The van der Waals surface area contributed by atoms with Crippen LogP contribution in [0.5, 0.6) is 0 Å². The van der Waals surface area contributed by atoms with Gasteiger partial charge in [0, 0.05) is 5.92 Å². The molecule has 1 nitrogen and oxygen atoms in total. The van der Waals surface area contributed by atoms with Gasteiger partial charge in [0.15, 0.2) is 0 Å². The van der Waals surface area contributed by atoms with Crippen LogP contribution in [0.1, 0.15) is 34.3 Å². The summed E-state index contributed by atoms with van der Waals surface area (Å²) in [6.45, 7) is 2.08. The molecule has 1 aliphatic carbocycles. The first-order chi connectivity index (χ1) is 8.75. The van der Waals surface area contributed by atoms with E-state index >= 15 is 0 Å². The van der Waals surface area contributed by atoms with Gasteiger partial charge in [-0.15, -0.1) is 0 Å². The molecule has 1 N–H and O–H groups in total. The molecular formula is C17H16O. The summed E-state index contributed by atoms with van der Waals surface area (Å²) in [5, 5.41) is 10.5. The van der Waals surface area contributed by atoms with Gasteiger partial charge < -0.3 is 5.11 Å². The second-order valence-electron chi connectivity index (χ2n) is 4.87. The van der Waals surface area contributed by atoms with Crippen LogP contribution in [0.2, 0.25) is 0 Å². The van der Waals surface area contributed by atoms with E-state index in [1.165, 1.54) is 11.1 Å². The number of rotatable bonds is 1. The van der Waals surface area contributed by atoms with E-state index in [1.807, 2.05) is 30.3 Å². The van der Waals surface area contributed by atoms with Crippen LogP contribution in [-0.2, 0) is 0 Å². The summed E-state index contributed by atoms with van der Waals surface area (Å²) in [6.07, 6.45) is 3.75. The fourth-order valence-electron chi connectivity index (χ4n) is 2.61. The molecule has 18 heavy (non-hydrogen) atoms. The second-order valence-corrected chi connectivity index (χ2v) is 4.87. The van der Waals surface area contributed by atoms with Gasteiger partial charge in [-0.25, -0.2) is 0 Å². The molecule has 0 unspecified atom stereocenters. The smallest absolute Gasteiger partial charge is 0.0899 e. The normalized spacial score (nSPS) is 21.7. The first-order valence-corrected chi connectivity index (χ1v) is 6.27. The number of fused-ring (bicyclic) bond motifs is 1. The molecule has 90 valence electrons. The van der Waals surface area contributed by atoms with E-state index in [1.54, 1.807) is 0 Å². The molecule has 0 aromatic heterocycles. The first kappa shape index (κ1) is 11.2. The van der Waals surface area contributed by atoms with Crippen molar-refractivity contribution in [3.63, 3.8) is 0 Å². The van der Waals surface area contributed by atoms with E-state index in [0.29, 0.717) is 0 Å². The van der Waals surface area contributed by atoms with Crippen molar-refractivity contribution in [3.05, 3.63) is 76.9 Å². The van der Waals surface area contributed by atoms with E-state index in [2.05, 4.69) is 37.3 Å². The Morgan fingerprint density at radius 2 is 1.83 bits per heavy atom. The van der Waals surface area contributed by atoms with Crippen LogP contribution >= 0.6 is 0 Å². The molecule has 0 saturated heterocycles. The van der Waals surface area contributed by atoms with E-state index in [0.717, 1.165) is 11.1 Å². The minimum absolute atomic E-state index is 0.0554. The predicted octanol–water partition coefficient (Wildman–Crippen LogP) is 3.84. The average Bonchev–Trinajstić information content (AvgIpc) is 2.39. The van der Waals surface area contributed by atoms with Gasteiger partial charge in [-0.2, -0.15) is 0 Å². The molecule has 0 heterocycles. The third-order valence-electron chi connectivity index (χ3n) is 3.56. The molecule has 2 atom stereocenters. The molecule has 2 aromatic rings. The Hall–Kier alpha value is -1.86. The maximum atomic E-state index is 10.5. The fourth-order valence-corrected chi connectivity index (χ4v) is 2.61. The van der Waals surface area contributed by atoms with E-state index in [4.69, 9.17) is 0 Å². The Morgan fingerprint density at radius 1 is 1.00 bits per heavy atom. The van der Waals surface area contributed by atoms with Crippen molar-refractivity contribution in [2.75, 3.05) is 0 Å². The lowest BCUT2D eigenvalue weighted by molar-refractivity contribution is 0.160. The van der Waals surface area contributed by atoms with Crippen molar-refractivity contribution >= 4 is 6.08 Å². The van der Waals surface area contributed by atoms with Crippen molar-refractivity contribution < 1.29 is 5.11 Å². The van der Waals surface area contributed by atoms with E-state index in [9.17, 15) is 5.11 Å². The highest BCUT2D eigenvalue weighted by atomic mass is 16.3. The Bertz CT molecular complexity index is 598. The highest BCUT2D eigenvalue weighted by molar-refractivity contribution is 5.60. The minimum atomic E-state index is -0.451. The third-order valence-corrected chi connectivity index (χ3v) is 3.56. The SMILES string of the molecule is Cc1cccc([C@@H]2C=Cc3ccccc3[C@H]2O)c1. The van der Waals surface area contributed by atoms with Crippen molar-refractivity contribution in [2.45, 2.75) is 18.9 Å². The molecule has 0 aliphatic heterocycles. The monoisotopic (exact) mass is 236 g/mol. The second kappa shape index (κ2) is 4.43. The lowest BCUT2D eigenvalue weighted by Crippen LogP contribution is -2.13. The number of aryl methyl sites for hydroxylation is 1. The van der Waals surface area contributed by atoms with Gasteiger partial charge in [-0.1, -0.05) is 66.2 Å². The lowest BCUT2D eigenvalue weighted by Gasteiger charge is -2.26. The summed E-state index contributed by atoms with van der Waals surface area (Å²) >= 11 is 0. The molecule has 1 aliphatic rings. The summed E-state index contributed by atoms with van der Waals surface area (Å²) in [6, 6.07) is 16.4. The summed E-state index contributed by atoms with van der Waals surface area (Å²) in [4.78, 5) is 0. The van der Waals surface area contributed by atoms with Crippen molar-refractivity contribution in [3.8, 4) is 0 Å². The number of aliphatic hydroxyl groups excluding tert-OH is 1. The summed E-state index contributed by atoms with van der Waals surface area (Å²) in [5.74, 6) is 0.0554. The highest BCUT2D eigenvalue weighted by Crippen LogP contribution is 2.38. The van der Waals surface area contributed by atoms with Gasteiger partial charge in [0.05, 0.1) is 6.10 Å². The molecule has 0 fully saturated rings. The lowest BCUT2D eigenvalue weighted by atomic mass is 9.82. The van der Waals surface area contributed by atoms with Gasteiger partial charge >= 0.3 is 0 Å². The molecule has 0 spiro atoms. The molecule has 1 heteroatoms. The minimum Gasteiger partial charge on any atom is -0.387 e. The fraction of sp³-hybridized carbons (Fsp3) is 0.176. The van der Waals surface area contributed by atoms with Crippen molar-refractivity contribution in [1.82, 2.24) is 0 Å². The van der Waals surface area contributed by atoms with Gasteiger partial charge in [0.1, 0.15) is 0 Å². The van der Waals surface area contributed by atoms with Crippen LogP contribution in [0, 0.1) is 6.92 Å².